The summed E-state index contributed by atoms with van der Waals surface area (Å²) >= 11 is 0. The largest absolute Gasteiger partial charge is 0.388 e. The molecule has 0 spiro atoms. The van der Waals surface area contributed by atoms with E-state index in [0.717, 1.165) is 18.4 Å². The molecule has 1 aromatic rings. The fourth-order valence-electron chi connectivity index (χ4n) is 2.54. The van der Waals surface area contributed by atoms with Crippen LogP contribution in [0.3, 0.4) is 0 Å². The molecule has 2 rings (SSSR count). The van der Waals surface area contributed by atoms with Crippen molar-refractivity contribution in [3.63, 3.8) is 0 Å². The van der Waals surface area contributed by atoms with E-state index >= 15 is 0 Å². The summed E-state index contributed by atoms with van der Waals surface area (Å²) in [5.74, 6) is 0.395. The quantitative estimate of drug-likeness (QED) is 0.833. The number of rotatable bonds is 2. The maximum absolute atomic E-state index is 10.3. The highest BCUT2D eigenvalue weighted by molar-refractivity contribution is 5.07. The lowest BCUT2D eigenvalue weighted by Crippen LogP contribution is -2.14. The number of aromatic nitrogens is 2. The van der Waals surface area contributed by atoms with Crippen LogP contribution in [0.2, 0.25) is 0 Å². The van der Waals surface area contributed by atoms with E-state index in [1.807, 2.05) is 0 Å². The van der Waals surface area contributed by atoms with Gasteiger partial charge in [-0.05, 0) is 18.8 Å². The molecule has 1 N–H and O–H groups in total. The molecule has 3 heteroatoms. The third kappa shape index (κ3) is 3.01. The SMILES string of the molecule is OC(c1cncnc1)C1CCCCCCC1. The third-order valence-corrected chi connectivity index (χ3v) is 3.52. The highest BCUT2D eigenvalue weighted by Gasteiger charge is 2.21. The summed E-state index contributed by atoms with van der Waals surface area (Å²) < 4.78 is 0. The molecular weight excluding hydrogens is 200 g/mol. The van der Waals surface area contributed by atoms with E-state index in [1.54, 1.807) is 12.4 Å². The zero-order valence-electron chi connectivity index (χ0n) is 9.68. The van der Waals surface area contributed by atoms with Crippen LogP contribution >= 0.6 is 0 Å². The van der Waals surface area contributed by atoms with Crippen LogP contribution in [0, 0.1) is 5.92 Å². The first-order valence-electron chi connectivity index (χ1n) is 6.31. The van der Waals surface area contributed by atoms with Gasteiger partial charge in [-0.15, -0.1) is 0 Å². The van der Waals surface area contributed by atoms with E-state index < -0.39 is 0 Å². The maximum Gasteiger partial charge on any atom is 0.115 e. The van der Waals surface area contributed by atoms with Gasteiger partial charge in [-0.25, -0.2) is 9.97 Å². The fourth-order valence-corrected chi connectivity index (χ4v) is 2.54. The van der Waals surface area contributed by atoms with Crippen LogP contribution in [-0.2, 0) is 0 Å². The molecule has 1 aliphatic carbocycles. The Morgan fingerprint density at radius 2 is 1.56 bits per heavy atom. The van der Waals surface area contributed by atoms with Gasteiger partial charge in [0.1, 0.15) is 6.33 Å². The lowest BCUT2D eigenvalue weighted by atomic mass is 9.85. The van der Waals surface area contributed by atoms with Gasteiger partial charge >= 0.3 is 0 Å². The second kappa shape index (κ2) is 5.94. The molecule has 1 aliphatic rings. The minimum absolute atomic E-state index is 0.376. The standard InChI is InChI=1S/C13H20N2O/c16-13(12-8-14-10-15-9-12)11-6-4-2-1-3-5-7-11/h8-11,13,16H,1-7H2. The van der Waals surface area contributed by atoms with Crippen LogP contribution in [0.4, 0.5) is 0 Å². The van der Waals surface area contributed by atoms with E-state index in [9.17, 15) is 5.11 Å². The zero-order valence-corrected chi connectivity index (χ0v) is 9.68. The second-order valence-corrected chi connectivity index (χ2v) is 4.72. The van der Waals surface area contributed by atoms with Crippen LogP contribution < -0.4 is 0 Å². The number of aliphatic hydroxyl groups is 1. The topological polar surface area (TPSA) is 46.0 Å². The van der Waals surface area contributed by atoms with E-state index in [-0.39, 0.29) is 6.10 Å². The first kappa shape index (κ1) is 11.5. The van der Waals surface area contributed by atoms with Gasteiger partial charge in [0, 0.05) is 18.0 Å². The van der Waals surface area contributed by atoms with Crippen molar-refractivity contribution in [2.45, 2.75) is 51.0 Å². The van der Waals surface area contributed by atoms with Crippen LogP contribution in [0.15, 0.2) is 18.7 Å². The highest BCUT2D eigenvalue weighted by atomic mass is 16.3. The summed E-state index contributed by atoms with van der Waals surface area (Å²) in [6.07, 6.45) is 13.3. The van der Waals surface area contributed by atoms with Crippen molar-refractivity contribution < 1.29 is 5.11 Å². The van der Waals surface area contributed by atoms with Gasteiger partial charge in [-0.2, -0.15) is 0 Å². The summed E-state index contributed by atoms with van der Waals surface area (Å²) in [7, 11) is 0. The maximum atomic E-state index is 10.3. The first-order chi connectivity index (χ1) is 7.88. The van der Waals surface area contributed by atoms with Gasteiger partial charge in [-0.3, -0.25) is 0 Å². The molecular formula is C13H20N2O. The molecule has 1 saturated carbocycles. The summed E-state index contributed by atoms with van der Waals surface area (Å²) in [4.78, 5) is 7.94. The van der Waals surface area contributed by atoms with Gasteiger partial charge in [0.2, 0.25) is 0 Å². The predicted octanol–water partition coefficient (Wildman–Crippen LogP) is 2.87. The summed E-state index contributed by atoms with van der Waals surface area (Å²) in [6.45, 7) is 0. The van der Waals surface area contributed by atoms with Gasteiger partial charge in [-0.1, -0.05) is 32.1 Å². The average Bonchev–Trinajstić information content (AvgIpc) is 2.29. The number of hydrogen-bond donors (Lipinski definition) is 1. The molecule has 0 aliphatic heterocycles. The Morgan fingerprint density at radius 3 is 2.19 bits per heavy atom. The number of hydrogen-bond acceptors (Lipinski definition) is 3. The van der Waals surface area contributed by atoms with Gasteiger partial charge < -0.3 is 5.11 Å². The Bertz CT molecular complexity index is 294. The lowest BCUT2D eigenvalue weighted by molar-refractivity contribution is 0.0906. The molecule has 88 valence electrons. The van der Waals surface area contributed by atoms with E-state index in [1.165, 1.54) is 38.4 Å². The van der Waals surface area contributed by atoms with Crippen molar-refractivity contribution in [1.29, 1.82) is 0 Å². The monoisotopic (exact) mass is 220 g/mol. The van der Waals surface area contributed by atoms with Crippen LogP contribution in [-0.4, -0.2) is 15.1 Å². The molecule has 16 heavy (non-hydrogen) atoms. The van der Waals surface area contributed by atoms with Crippen LogP contribution in [0.1, 0.15) is 56.6 Å². The minimum atomic E-state index is -0.376. The normalized spacial score (nSPS) is 21.1. The van der Waals surface area contributed by atoms with Crippen molar-refractivity contribution >= 4 is 0 Å². The van der Waals surface area contributed by atoms with E-state index in [0.29, 0.717) is 5.92 Å². The van der Waals surface area contributed by atoms with E-state index in [2.05, 4.69) is 9.97 Å². The number of nitrogens with zero attached hydrogens (tertiary/aromatic N) is 2. The Kier molecular flexibility index (Phi) is 4.28. The summed E-state index contributed by atoms with van der Waals surface area (Å²) in [5, 5.41) is 10.3. The second-order valence-electron chi connectivity index (χ2n) is 4.72. The van der Waals surface area contributed by atoms with Crippen molar-refractivity contribution in [3.05, 3.63) is 24.3 Å². The first-order valence-corrected chi connectivity index (χ1v) is 6.31. The Labute approximate surface area is 96.9 Å². The molecule has 0 amide bonds. The molecule has 1 fully saturated rings. The molecule has 0 aromatic carbocycles. The Balaban J connectivity index is 1.99. The zero-order chi connectivity index (χ0) is 11.2. The van der Waals surface area contributed by atoms with Crippen LogP contribution in [0.25, 0.3) is 0 Å². The van der Waals surface area contributed by atoms with E-state index in [4.69, 9.17) is 0 Å². The Hall–Kier alpha value is -0.960. The Morgan fingerprint density at radius 1 is 1.00 bits per heavy atom. The molecule has 0 saturated heterocycles. The lowest BCUT2D eigenvalue weighted by Gasteiger charge is -2.24. The fraction of sp³-hybridized carbons (Fsp3) is 0.692. The van der Waals surface area contributed by atoms with Crippen LogP contribution in [0.5, 0.6) is 0 Å². The molecule has 0 bridgehead atoms. The van der Waals surface area contributed by atoms with Gasteiger partial charge in [0.05, 0.1) is 6.10 Å². The van der Waals surface area contributed by atoms with Crippen molar-refractivity contribution in [2.75, 3.05) is 0 Å². The minimum Gasteiger partial charge on any atom is -0.388 e. The molecule has 0 radical (unpaired) electrons. The molecule has 1 aromatic heterocycles. The van der Waals surface area contributed by atoms with Gasteiger partial charge in [0.25, 0.3) is 0 Å². The predicted molar refractivity (Wildman–Crippen MR) is 62.8 cm³/mol. The summed E-state index contributed by atoms with van der Waals surface area (Å²) in [5.41, 5.74) is 0.869. The van der Waals surface area contributed by atoms with Gasteiger partial charge in [0.15, 0.2) is 0 Å². The smallest absolute Gasteiger partial charge is 0.115 e. The van der Waals surface area contributed by atoms with Crippen molar-refractivity contribution in [1.82, 2.24) is 9.97 Å². The molecule has 1 heterocycles. The third-order valence-electron chi connectivity index (χ3n) is 3.52. The van der Waals surface area contributed by atoms with Crippen molar-refractivity contribution in [2.24, 2.45) is 5.92 Å². The average molecular weight is 220 g/mol. The number of aliphatic hydroxyl groups excluding tert-OH is 1. The van der Waals surface area contributed by atoms with Crippen molar-refractivity contribution in [3.8, 4) is 0 Å². The molecule has 3 nitrogen and oxygen atoms in total. The highest BCUT2D eigenvalue weighted by Crippen LogP contribution is 2.32. The molecule has 1 atom stereocenters. The summed E-state index contributed by atoms with van der Waals surface area (Å²) in [6, 6.07) is 0. The molecule has 1 unspecified atom stereocenters.